The minimum atomic E-state index is -0.363. The van der Waals surface area contributed by atoms with Crippen molar-refractivity contribution >= 4 is 28.9 Å². The van der Waals surface area contributed by atoms with Crippen molar-refractivity contribution < 1.29 is 9.53 Å². The normalized spacial score (nSPS) is 10.5. The van der Waals surface area contributed by atoms with E-state index in [2.05, 4.69) is 4.98 Å². The molecule has 1 aromatic heterocycles. The lowest BCUT2D eigenvalue weighted by molar-refractivity contribution is -0.131. The molecule has 110 valence electrons. The molecule has 5 heteroatoms. The molecule has 0 bridgehead atoms. The van der Waals surface area contributed by atoms with Crippen LogP contribution in [0.1, 0.15) is 6.92 Å². The number of benzene rings is 2. The molecule has 1 heterocycles. The minimum absolute atomic E-state index is 0.363. The van der Waals surface area contributed by atoms with E-state index in [-0.39, 0.29) is 5.97 Å². The Labute approximate surface area is 137 Å². The summed E-state index contributed by atoms with van der Waals surface area (Å²) in [6.45, 7) is 1.38. The number of rotatable bonds is 3. The van der Waals surface area contributed by atoms with E-state index in [1.807, 2.05) is 42.5 Å². The minimum Gasteiger partial charge on any atom is -0.413 e. The van der Waals surface area contributed by atoms with Gasteiger partial charge in [-0.2, -0.15) is 0 Å². The summed E-state index contributed by atoms with van der Waals surface area (Å²) >= 11 is 7.27. The molecule has 0 aliphatic heterocycles. The first-order valence-corrected chi connectivity index (χ1v) is 7.83. The molecule has 0 amide bonds. The molecule has 0 unspecified atom stereocenters. The van der Waals surface area contributed by atoms with E-state index in [0.29, 0.717) is 15.8 Å². The summed E-state index contributed by atoms with van der Waals surface area (Å²) < 4.78 is 5.32. The predicted molar refractivity (Wildman–Crippen MR) is 89.3 cm³/mol. The maximum absolute atomic E-state index is 11.3. The van der Waals surface area contributed by atoms with Crippen molar-refractivity contribution in [3.8, 4) is 26.9 Å². The number of ether oxygens (including phenoxy) is 1. The fourth-order valence-electron chi connectivity index (χ4n) is 2.00. The average molecular weight is 330 g/mol. The molecule has 0 aliphatic rings. The number of nitrogens with zero attached hydrogens (tertiary/aromatic N) is 1. The van der Waals surface area contributed by atoms with Gasteiger partial charge in [0.2, 0.25) is 5.06 Å². The van der Waals surface area contributed by atoms with Crippen LogP contribution in [0.5, 0.6) is 5.06 Å². The monoisotopic (exact) mass is 329 g/mol. The average Bonchev–Trinajstić information content (AvgIpc) is 2.92. The second kappa shape index (κ2) is 6.30. The molecule has 0 saturated carbocycles. The number of carbonyl (C=O) groups is 1. The molecule has 3 rings (SSSR count). The first-order valence-electron chi connectivity index (χ1n) is 6.64. The van der Waals surface area contributed by atoms with E-state index in [1.54, 1.807) is 12.1 Å². The molecule has 0 atom stereocenters. The summed E-state index contributed by atoms with van der Waals surface area (Å²) in [5.41, 5.74) is 2.50. The van der Waals surface area contributed by atoms with Gasteiger partial charge in [-0.15, -0.1) is 0 Å². The van der Waals surface area contributed by atoms with Gasteiger partial charge in [0, 0.05) is 23.1 Å². The molecule has 0 fully saturated rings. The summed E-state index contributed by atoms with van der Waals surface area (Å²) in [6, 6.07) is 17.1. The Morgan fingerprint density at radius 3 is 2.36 bits per heavy atom. The molecule has 0 aliphatic carbocycles. The highest BCUT2D eigenvalue weighted by atomic mass is 35.5. The van der Waals surface area contributed by atoms with Gasteiger partial charge in [-0.25, -0.2) is 4.98 Å². The van der Waals surface area contributed by atoms with E-state index >= 15 is 0 Å². The number of esters is 1. The third-order valence-electron chi connectivity index (χ3n) is 2.97. The highest BCUT2D eigenvalue weighted by Gasteiger charge is 2.17. The fourth-order valence-corrected chi connectivity index (χ4v) is 3.11. The Balaban J connectivity index is 2.09. The van der Waals surface area contributed by atoms with Crippen LogP contribution in [0.15, 0.2) is 54.6 Å². The van der Waals surface area contributed by atoms with Crippen molar-refractivity contribution in [1.29, 1.82) is 0 Å². The van der Waals surface area contributed by atoms with Crippen LogP contribution in [-0.4, -0.2) is 11.0 Å². The third-order valence-corrected chi connectivity index (χ3v) is 4.21. The molecule has 0 radical (unpaired) electrons. The molecular weight excluding hydrogens is 318 g/mol. The van der Waals surface area contributed by atoms with Crippen LogP contribution in [0.3, 0.4) is 0 Å². The van der Waals surface area contributed by atoms with Crippen molar-refractivity contribution in [3.05, 3.63) is 59.6 Å². The lowest BCUT2D eigenvalue weighted by atomic mass is 10.1. The Morgan fingerprint density at radius 1 is 1.05 bits per heavy atom. The first-order chi connectivity index (χ1) is 10.6. The maximum atomic E-state index is 11.3. The molecule has 3 nitrogen and oxygen atoms in total. The van der Waals surface area contributed by atoms with Gasteiger partial charge >= 0.3 is 5.97 Å². The van der Waals surface area contributed by atoms with Crippen LogP contribution in [0.2, 0.25) is 5.02 Å². The highest BCUT2D eigenvalue weighted by Crippen LogP contribution is 2.40. The smallest absolute Gasteiger partial charge is 0.308 e. The van der Waals surface area contributed by atoms with Gasteiger partial charge in [0.25, 0.3) is 0 Å². The molecule has 0 spiro atoms. The topological polar surface area (TPSA) is 39.2 Å². The second-order valence-electron chi connectivity index (χ2n) is 4.62. The van der Waals surface area contributed by atoms with E-state index in [1.165, 1.54) is 18.3 Å². The van der Waals surface area contributed by atoms with Gasteiger partial charge in [-0.1, -0.05) is 65.4 Å². The van der Waals surface area contributed by atoms with Gasteiger partial charge in [0.05, 0.1) is 0 Å². The second-order valence-corrected chi connectivity index (χ2v) is 6.02. The van der Waals surface area contributed by atoms with Crippen molar-refractivity contribution in [2.45, 2.75) is 6.92 Å². The van der Waals surface area contributed by atoms with E-state index < -0.39 is 0 Å². The summed E-state index contributed by atoms with van der Waals surface area (Å²) in [7, 11) is 0. The lowest BCUT2D eigenvalue weighted by Crippen LogP contribution is -2.00. The Hall–Kier alpha value is -2.17. The van der Waals surface area contributed by atoms with Crippen molar-refractivity contribution in [3.63, 3.8) is 0 Å². The van der Waals surface area contributed by atoms with Crippen LogP contribution in [0.25, 0.3) is 21.8 Å². The van der Waals surface area contributed by atoms with Crippen LogP contribution in [0.4, 0.5) is 0 Å². The van der Waals surface area contributed by atoms with Crippen molar-refractivity contribution in [2.24, 2.45) is 0 Å². The fraction of sp³-hybridized carbons (Fsp3) is 0.0588. The number of hydrogen-bond donors (Lipinski definition) is 0. The number of aromatic nitrogens is 1. The van der Waals surface area contributed by atoms with Gasteiger partial charge in [-0.3, -0.25) is 4.79 Å². The number of halogens is 1. The van der Waals surface area contributed by atoms with E-state index in [0.717, 1.165) is 16.1 Å². The Kier molecular flexibility index (Phi) is 4.22. The van der Waals surface area contributed by atoms with Crippen LogP contribution in [-0.2, 0) is 4.79 Å². The van der Waals surface area contributed by atoms with Crippen molar-refractivity contribution in [1.82, 2.24) is 4.98 Å². The number of thiazole rings is 1. The Morgan fingerprint density at radius 2 is 1.73 bits per heavy atom. The number of hydrogen-bond acceptors (Lipinski definition) is 4. The molecule has 0 N–H and O–H groups in total. The first kappa shape index (κ1) is 14.8. The Bertz CT molecular complexity index is 797. The van der Waals surface area contributed by atoms with Gasteiger partial charge in [-0.05, 0) is 12.1 Å². The summed E-state index contributed by atoms with van der Waals surface area (Å²) in [5, 5.41) is 1.95. The van der Waals surface area contributed by atoms with Gasteiger partial charge < -0.3 is 4.74 Å². The summed E-state index contributed by atoms with van der Waals surface area (Å²) in [6.07, 6.45) is 0. The highest BCUT2D eigenvalue weighted by molar-refractivity contribution is 7.17. The third kappa shape index (κ3) is 3.18. The van der Waals surface area contributed by atoms with Gasteiger partial charge in [0.15, 0.2) is 0 Å². The largest absolute Gasteiger partial charge is 0.413 e. The SMILES string of the molecule is CC(=O)Oc1sc(-c2ccccc2)nc1-c1ccc(Cl)cc1. The molecule has 0 saturated heterocycles. The predicted octanol–water partition coefficient (Wildman–Crippen LogP) is 5.06. The molecule has 3 aromatic rings. The van der Waals surface area contributed by atoms with Gasteiger partial charge in [0.1, 0.15) is 10.7 Å². The van der Waals surface area contributed by atoms with E-state index in [4.69, 9.17) is 16.3 Å². The maximum Gasteiger partial charge on any atom is 0.308 e. The summed E-state index contributed by atoms with van der Waals surface area (Å²) in [5.74, 6) is -0.363. The quantitative estimate of drug-likeness (QED) is 0.631. The van der Waals surface area contributed by atoms with Crippen LogP contribution in [0, 0.1) is 0 Å². The van der Waals surface area contributed by atoms with Crippen LogP contribution >= 0.6 is 22.9 Å². The molecular formula is C17H12ClNO2S. The lowest BCUT2D eigenvalue weighted by Gasteiger charge is -2.01. The zero-order valence-electron chi connectivity index (χ0n) is 11.7. The zero-order chi connectivity index (χ0) is 15.5. The van der Waals surface area contributed by atoms with Crippen LogP contribution < -0.4 is 4.74 Å². The zero-order valence-corrected chi connectivity index (χ0v) is 13.3. The van der Waals surface area contributed by atoms with Crippen molar-refractivity contribution in [2.75, 3.05) is 0 Å². The standard InChI is InChI=1S/C17H12ClNO2S/c1-11(20)21-17-15(12-7-9-14(18)10-8-12)19-16(22-17)13-5-3-2-4-6-13/h2-10H,1H3. The van der Waals surface area contributed by atoms with E-state index in [9.17, 15) is 4.79 Å². The molecule has 2 aromatic carbocycles. The number of carbonyl (C=O) groups excluding carboxylic acids is 1. The molecule has 22 heavy (non-hydrogen) atoms. The summed E-state index contributed by atoms with van der Waals surface area (Å²) in [4.78, 5) is 16.0.